The van der Waals surface area contributed by atoms with Gasteiger partial charge in [0.15, 0.2) is 0 Å². The van der Waals surface area contributed by atoms with E-state index in [4.69, 9.17) is 14.3 Å². The second-order valence-corrected chi connectivity index (χ2v) is 7.90. The Kier molecular flexibility index (Phi) is 8.33. The Labute approximate surface area is 178 Å². The van der Waals surface area contributed by atoms with Crippen LogP contribution in [-0.2, 0) is 14.4 Å². The maximum atomic E-state index is 12.5. The first-order chi connectivity index (χ1) is 14.6. The third-order valence-corrected chi connectivity index (χ3v) is 5.69. The van der Waals surface area contributed by atoms with Crippen molar-refractivity contribution in [2.45, 2.75) is 38.5 Å². The Morgan fingerprint density at radius 3 is 2.53 bits per heavy atom. The molecule has 2 saturated heterocycles. The van der Waals surface area contributed by atoms with Gasteiger partial charge in [-0.1, -0.05) is 0 Å². The van der Waals surface area contributed by atoms with Crippen LogP contribution < -0.4 is 14.8 Å². The number of piperidine rings is 1. The van der Waals surface area contributed by atoms with Crippen molar-refractivity contribution in [1.29, 1.82) is 0 Å². The van der Waals surface area contributed by atoms with Gasteiger partial charge in [-0.25, -0.2) is 0 Å². The minimum Gasteiger partial charge on any atom is -0.497 e. The van der Waals surface area contributed by atoms with E-state index in [0.29, 0.717) is 42.5 Å². The number of likely N-dealkylation sites (tertiary alicyclic amines) is 1. The van der Waals surface area contributed by atoms with Crippen molar-refractivity contribution in [3.63, 3.8) is 0 Å². The highest BCUT2D eigenvalue weighted by atomic mass is 16.7. The molecule has 2 heterocycles. The number of carbonyl (C=O) groups is 2. The summed E-state index contributed by atoms with van der Waals surface area (Å²) in [6, 6.07) is 5.30. The van der Waals surface area contributed by atoms with E-state index in [1.54, 1.807) is 32.4 Å². The first-order valence-corrected chi connectivity index (χ1v) is 10.8. The minimum atomic E-state index is -0.0417. The van der Waals surface area contributed by atoms with Crippen LogP contribution in [0.25, 0.3) is 0 Å². The standard InChI is InChI=1S/C22H33N3O5/c1-28-19-13-18(14-20(15-19)29-2)23-21(26)7-6-17-5-3-9-24(16-17)22(27)8-11-25-10-4-12-30-25/h13-15,17H,3-12,16H2,1-2H3,(H,23,26). The molecule has 1 atom stereocenters. The Morgan fingerprint density at radius 2 is 1.87 bits per heavy atom. The van der Waals surface area contributed by atoms with E-state index < -0.39 is 0 Å². The van der Waals surface area contributed by atoms with Gasteiger partial charge in [-0.3, -0.25) is 14.4 Å². The van der Waals surface area contributed by atoms with E-state index in [9.17, 15) is 9.59 Å². The van der Waals surface area contributed by atoms with Gasteiger partial charge in [-0.15, -0.1) is 0 Å². The van der Waals surface area contributed by atoms with Crippen molar-refractivity contribution in [2.75, 3.05) is 52.3 Å². The molecule has 166 valence electrons. The van der Waals surface area contributed by atoms with Gasteiger partial charge in [0, 0.05) is 62.9 Å². The second-order valence-electron chi connectivity index (χ2n) is 7.90. The average Bonchev–Trinajstić information content (AvgIpc) is 3.29. The maximum Gasteiger partial charge on any atom is 0.224 e. The summed E-state index contributed by atoms with van der Waals surface area (Å²) in [7, 11) is 3.16. The number of hydrogen-bond donors (Lipinski definition) is 1. The first-order valence-electron chi connectivity index (χ1n) is 10.8. The summed E-state index contributed by atoms with van der Waals surface area (Å²) in [4.78, 5) is 32.4. The lowest BCUT2D eigenvalue weighted by atomic mass is 9.93. The fourth-order valence-corrected chi connectivity index (χ4v) is 4.02. The lowest BCUT2D eigenvalue weighted by Gasteiger charge is -2.33. The molecular weight excluding hydrogens is 386 g/mol. The topological polar surface area (TPSA) is 80.3 Å². The zero-order chi connectivity index (χ0) is 21.3. The van der Waals surface area contributed by atoms with Gasteiger partial charge in [0.05, 0.1) is 20.8 Å². The van der Waals surface area contributed by atoms with Crippen LogP contribution in [0.5, 0.6) is 11.5 Å². The number of amides is 2. The Bertz CT molecular complexity index is 698. The normalized spacial score (nSPS) is 19.5. The molecule has 0 aliphatic carbocycles. The summed E-state index contributed by atoms with van der Waals surface area (Å²) in [5.41, 5.74) is 0.654. The van der Waals surface area contributed by atoms with Gasteiger partial charge in [0.1, 0.15) is 11.5 Å². The monoisotopic (exact) mass is 419 g/mol. The third kappa shape index (κ3) is 6.60. The van der Waals surface area contributed by atoms with Gasteiger partial charge >= 0.3 is 0 Å². The quantitative estimate of drug-likeness (QED) is 0.663. The average molecular weight is 420 g/mol. The lowest BCUT2D eigenvalue weighted by Crippen LogP contribution is -2.41. The number of ether oxygens (including phenoxy) is 2. The summed E-state index contributed by atoms with van der Waals surface area (Å²) in [6.07, 6.45) is 4.76. The molecule has 2 fully saturated rings. The number of hydrogen-bond acceptors (Lipinski definition) is 6. The van der Waals surface area contributed by atoms with E-state index in [1.807, 2.05) is 9.96 Å². The van der Waals surface area contributed by atoms with Crippen molar-refractivity contribution in [3.05, 3.63) is 18.2 Å². The van der Waals surface area contributed by atoms with E-state index in [0.717, 1.165) is 51.9 Å². The van der Waals surface area contributed by atoms with Crippen LogP contribution in [0.3, 0.4) is 0 Å². The zero-order valence-electron chi connectivity index (χ0n) is 18.0. The van der Waals surface area contributed by atoms with Gasteiger partial charge < -0.3 is 19.7 Å². The SMILES string of the molecule is COc1cc(NC(=O)CCC2CCCN(C(=O)CCN3CCCO3)C2)cc(OC)c1. The molecule has 0 radical (unpaired) electrons. The predicted octanol–water partition coefficient (Wildman–Crippen LogP) is 2.69. The third-order valence-electron chi connectivity index (χ3n) is 5.69. The molecule has 0 spiro atoms. The molecular formula is C22H33N3O5. The number of hydroxylamine groups is 2. The minimum absolute atomic E-state index is 0.0417. The smallest absolute Gasteiger partial charge is 0.224 e. The number of anilines is 1. The summed E-state index contributed by atoms with van der Waals surface area (Å²) in [5, 5.41) is 4.80. The van der Waals surface area contributed by atoms with E-state index in [1.165, 1.54) is 0 Å². The fourth-order valence-electron chi connectivity index (χ4n) is 4.02. The van der Waals surface area contributed by atoms with Crippen molar-refractivity contribution in [2.24, 2.45) is 5.92 Å². The van der Waals surface area contributed by atoms with Crippen molar-refractivity contribution < 1.29 is 23.9 Å². The van der Waals surface area contributed by atoms with Gasteiger partial charge in [0.25, 0.3) is 0 Å². The van der Waals surface area contributed by atoms with Gasteiger partial charge in [-0.2, -0.15) is 5.06 Å². The molecule has 1 N–H and O–H groups in total. The summed E-state index contributed by atoms with van der Waals surface area (Å²) in [6.45, 7) is 3.87. The number of nitrogens with one attached hydrogen (secondary N) is 1. The molecule has 2 aliphatic heterocycles. The van der Waals surface area contributed by atoms with Gasteiger partial charge in [0.2, 0.25) is 11.8 Å². The van der Waals surface area contributed by atoms with Crippen LogP contribution in [0.2, 0.25) is 0 Å². The predicted molar refractivity (Wildman–Crippen MR) is 113 cm³/mol. The van der Waals surface area contributed by atoms with Gasteiger partial charge in [-0.05, 0) is 31.6 Å². The molecule has 0 bridgehead atoms. The summed E-state index contributed by atoms with van der Waals surface area (Å²) < 4.78 is 10.5. The van der Waals surface area contributed by atoms with Crippen LogP contribution in [-0.4, -0.2) is 68.8 Å². The lowest BCUT2D eigenvalue weighted by molar-refractivity contribution is -0.140. The molecule has 2 aliphatic rings. The zero-order valence-corrected chi connectivity index (χ0v) is 18.0. The van der Waals surface area contributed by atoms with Crippen molar-refractivity contribution in [3.8, 4) is 11.5 Å². The van der Waals surface area contributed by atoms with Crippen LogP contribution in [0.15, 0.2) is 18.2 Å². The van der Waals surface area contributed by atoms with E-state index in [-0.39, 0.29) is 11.8 Å². The summed E-state index contributed by atoms with van der Waals surface area (Å²) in [5.74, 6) is 1.76. The second kappa shape index (κ2) is 11.2. The van der Waals surface area contributed by atoms with Crippen LogP contribution in [0.1, 0.15) is 38.5 Å². The number of benzene rings is 1. The highest BCUT2D eigenvalue weighted by molar-refractivity contribution is 5.91. The number of rotatable bonds is 9. The number of nitrogens with zero attached hydrogens (tertiary/aromatic N) is 2. The van der Waals surface area contributed by atoms with Crippen molar-refractivity contribution >= 4 is 17.5 Å². The van der Waals surface area contributed by atoms with Crippen LogP contribution in [0.4, 0.5) is 5.69 Å². The maximum absolute atomic E-state index is 12.5. The fraction of sp³-hybridized carbons (Fsp3) is 0.636. The Morgan fingerprint density at radius 1 is 1.10 bits per heavy atom. The van der Waals surface area contributed by atoms with E-state index >= 15 is 0 Å². The molecule has 30 heavy (non-hydrogen) atoms. The number of carbonyl (C=O) groups excluding carboxylic acids is 2. The molecule has 0 saturated carbocycles. The van der Waals surface area contributed by atoms with Crippen molar-refractivity contribution in [1.82, 2.24) is 9.96 Å². The molecule has 1 aromatic rings. The largest absolute Gasteiger partial charge is 0.497 e. The summed E-state index contributed by atoms with van der Waals surface area (Å²) >= 11 is 0. The molecule has 3 rings (SSSR count). The molecule has 8 nitrogen and oxygen atoms in total. The highest BCUT2D eigenvalue weighted by Crippen LogP contribution is 2.26. The first kappa shape index (κ1) is 22.4. The molecule has 2 amide bonds. The Balaban J connectivity index is 1.42. The van der Waals surface area contributed by atoms with Crippen LogP contribution in [0, 0.1) is 5.92 Å². The molecule has 1 aromatic carbocycles. The molecule has 8 heteroatoms. The highest BCUT2D eigenvalue weighted by Gasteiger charge is 2.25. The molecule has 1 unspecified atom stereocenters. The van der Waals surface area contributed by atoms with Crippen LogP contribution >= 0.6 is 0 Å². The Hall–Kier alpha value is -2.32. The molecule has 0 aromatic heterocycles. The van der Waals surface area contributed by atoms with E-state index in [2.05, 4.69) is 5.32 Å². The number of methoxy groups -OCH3 is 2.